The van der Waals surface area contributed by atoms with Gasteiger partial charge in [-0.1, -0.05) is 18.2 Å². The number of amides is 1. The van der Waals surface area contributed by atoms with Gasteiger partial charge in [-0.3, -0.25) is 9.48 Å². The molecule has 0 N–H and O–H groups in total. The van der Waals surface area contributed by atoms with Crippen LogP contribution >= 0.6 is 11.3 Å². The van der Waals surface area contributed by atoms with E-state index in [0.717, 1.165) is 41.9 Å². The number of aryl methyl sites for hydroxylation is 1. The van der Waals surface area contributed by atoms with Crippen molar-refractivity contribution in [1.82, 2.24) is 14.7 Å². The zero-order chi connectivity index (χ0) is 15.8. The van der Waals surface area contributed by atoms with Gasteiger partial charge in [0.25, 0.3) is 5.91 Å². The molecule has 4 nitrogen and oxygen atoms in total. The zero-order valence-electron chi connectivity index (χ0n) is 13.1. The van der Waals surface area contributed by atoms with Gasteiger partial charge in [-0.15, -0.1) is 11.3 Å². The van der Waals surface area contributed by atoms with E-state index in [9.17, 15) is 4.79 Å². The first-order valence-corrected chi connectivity index (χ1v) is 8.80. The molecule has 5 heteroatoms. The first-order valence-electron chi connectivity index (χ1n) is 7.98. The van der Waals surface area contributed by atoms with Crippen molar-refractivity contribution in [3.8, 4) is 0 Å². The van der Waals surface area contributed by atoms with Crippen LogP contribution in [0.5, 0.6) is 0 Å². The van der Waals surface area contributed by atoms with Gasteiger partial charge in [-0.05, 0) is 36.4 Å². The van der Waals surface area contributed by atoms with Crippen molar-refractivity contribution in [2.24, 2.45) is 7.05 Å². The SMILES string of the molecule is Cn1ccc([C@H]2CCCN(C(=O)c3cc4ccccc4s3)C2)n1. The Morgan fingerprint density at radius 2 is 2.17 bits per heavy atom. The molecule has 23 heavy (non-hydrogen) atoms. The van der Waals surface area contributed by atoms with Crippen LogP contribution in [0.25, 0.3) is 10.1 Å². The van der Waals surface area contributed by atoms with Crippen LogP contribution in [0.2, 0.25) is 0 Å². The largest absolute Gasteiger partial charge is 0.337 e. The topological polar surface area (TPSA) is 38.1 Å². The third-order valence-corrected chi connectivity index (χ3v) is 5.60. The molecule has 1 saturated heterocycles. The Hall–Kier alpha value is -2.14. The summed E-state index contributed by atoms with van der Waals surface area (Å²) in [4.78, 5) is 15.7. The van der Waals surface area contributed by atoms with Gasteiger partial charge in [0.05, 0.1) is 10.6 Å². The van der Waals surface area contributed by atoms with Gasteiger partial charge in [-0.2, -0.15) is 5.10 Å². The molecular weight excluding hydrogens is 306 g/mol. The molecule has 1 fully saturated rings. The summed E-state index contributed by atoms with van der Waals surface area (Å²) in [5.41, 5.74) is 1.10. The molecule has 3 aromatic rings. The minimum absolute atomic E-state index is 0.159. The van der Waals surface area contributed by atoms with E-state index in [1.165, 1.54) is 4.70 Å². The molecule has 1 aliphatic rings. The fourth-order valence-corrected chi connectivity index (χ4v) is 4.33. The van der Waals surface area contributed by atoms with Gasteiger partial charge in [0.2, 0.25) is 0 Å². The third kappa shape index (κ3) is 2.77. The van der Waals surface area contributed by atoms with E-state index >= 15 is 0 Å². The number of fused-ring (bicyclic) bond motifs is 1. The van der Waals surface area contributed by atoms with Crippen LogP contribution in [-0.2, 0) is 7.05 Å². The van der Waals surface area contributed by atoms with Gasteiger partial charge in [0.15, 0.2) is 0 Å². The maximum absolute atomic E-state index is 12.9. The number of hydrogen-bond donors (Lipinski definition) is 0. The highest BCUT2D eigenvalue weighted by molar-refractivity contribution is 7.20. The number of hydrogen-bond acceptors (Lipinski definition) is 3. The molecule has 0 spiro atoms. The van der Waals surface area contributed by atoms with E-state index in [2.05, 4.69) is 23.3 Å². The number of nitrogens with zero attached hydrogens (tertiary/aromatic N) is 3. The maximum Gasteiger partial charge on any atom is 0.263 e. The summed E-state index contributed by atoms with van der Waals surface area (Å²) >= 11 is 1.59. The number of piperidine rings is 1. The van der Waals surface area contributed by atoms with E-state index in [1.807, 2.05) is 41.0 Å². The summed E-state index contributed by atoms with van der Waals surface area (Å²) in [5.74, 6) is 0.509. The smallest absolute Gasteiger partial charge is 0.263 e. The number of thiophene rings is 1. The number of likely N-dealkylation sites (tertiary alicyclic amines) is 1. The molecule has 0 radical (unpaired) electrons. The van der Waals surface area contributed by atoms with Crippen molar-refractivity contribution >= 4 is 27.3 Å². The van der Waals surface area contributed by atoms with Crippen LogP contribution in [-0.4, -0.2) is 33.7 Å². The monoisotopic (exact) mass is 325 g/mol. The zero-order valence-corrected chi connectivity index (χ0v) is 13.9. The second-order valence-corrected chi connectivity index (χ2v) is 7.24. The Labute approximate surface area is 139 Å². The summed E-state index contributed by atoms with van der Waals surface area (Å²) in [6, 6.07) is 12.3. The Balaban J connectivity index is 1.55. The summed E-state index contributed by atoms with van der Waals surface area (Å²) in [6.07, 6.45) is 4.12. The number of benzene rings is 1. The predicted molar refractivity (Wildman–Crippen MR) is 92.9 cm³/mol. The lowest BCUT2D eigenvalue weighted by Gasteiger charge is -2.31. The van der Waals surface area contributed by atoms with Crippen molar-refractivity contribution < 1.29 is 4.79 Å². The Morgan fingerprint density at radius 3 is 2.96 bits per heavy atom. The molecular formula is C18H19N3OS. The minimum atomic E-state index is 0.159. The molecule has 0 saturated carbocycles. The van der Waals surface area contributed by atoms with E-state index < -0.39 is 0 Å². The first kappa shape index (κ1) is 14.5. The average molecular weight is 325 g/mol. The average Bonchev–Trinajstić information content (AvgIpc) is 3.20. The predicted octanol–water partition coefficient (Wildman–Crippen LogP) is 3.65. The lowest BCUT2D eigenvalue weighted by atomic mass is 9.95. The quantitative estimate of drug-likeness (QED) is 0.721. The van der Waals surface area contributed by atoms with Crippen LogP contribution in [0.15, 0.2) is 42.6 Å². The van der Waals surface area contributed by atoms with Crippen LogP contribution < -0.4 is 0 Å². The third-order valence-electron chi connectivity index (χ3n) is 4.50. The molecule has 118 valence electrons. The van der Waals surface area contributed by atoms with Crippen molar-refractivity contribution in [1.29, 1.82) is 0 Å². The normalized spacial score (nSPS) is 18.5. The fraction of sp³-hybridized carbons (Fsp3) is 0.333. The highest BCUT2D eigenvalue weighted by Crippen LogP contribution is 2.30. The number of rotatable bonds is 2. The molecule has 2 aromatic heterocycles. The molecule has 0 aliphatic carbocycles. The van der Waals surface area contributed by atoms with Crippen molar-refractivity contribution in [3.05, 3.63) is 53.2 Å². The van der Waals surface area contributed by atoms with E-state index in [4.69, 9.17) is 0 Å². The maximum atomic E-state index is 12.9. The lowest BCUT2D eigenvalue weighted by Crippen LogP contribution is -2.38. The van der Waals surface area contributed by atoms with E-state index in [1.54, 1.807) is 11.3 Å². The summed E-state index contributed by atoms with van der Waals surface area (Å²) < 4.78 is 3.01. The first-order chi connectivity index (χ1) is 11.2. The number of carbonyl (C=O) groups is 1. The van der Waals surface area contributed by atoms with Crippen LogP contribution in [0.1, 0.15) is 34.1 Å². The van der Waals surface area contributed by atoms with E-state index in [-0.39, 0.29) is 5.91 Å². The molecule has 3 heterocycles. The highest BCUT2D eigenvalue weighted by atomic mass is 32.1. The summed E-state index contributed by atoms with van der Waals surface area (Å²) in [7, 11) is 1.94. The molecule has 1 aliphatic heterocycles. The van der Waals surface area contributed by atoms with Gasteiger partial charge >= 0.3 is 0 Å². The Morgan fingerprint density at radius 1 is 1.30 bits per heavy atom. The number of carbonyl (C=O) groups excluding carboxylic acids is 1. The Bertz CT molecular complexity index is 818. The van der Waals surface area contributed by atoms with Gasteiger partial charge in [0, 0.05) is 37.0 Å². The van der Waals surface area contributed by atoms with Crippen LogP contribution in [0, 0.1) is 0 Å². The summed E-state index contributed by atoms with van der Waals surface area (Å²) in [6.45, 7) is 1.61. The minimum Gasteiger partial charge on any atom is -0.337 e. The summed E-state index contributed by atoms with van der Waals surface area (Å²) in [5, 5.41) is 5.67. The fourth-order valence-electron chi connectivity index (χ4n) is 3.30. The van der Waals surface area contributed by atoms with Gasteiger partial charge in [0.1, 0.15) is 0 Å². The second-order valence-electron chi connectivity index (χ2n) is 6.15. The molecule has 0 unspecified atom stereocenters. The Kier molecular flexibility index (Phi) is 3.65. The van der Waals surface area contributed by atoms with Crippen molar-refractivity contribution in [3.63, 3.8) is 0 Å². The molecule has 4 rings (SSSR count). The standard InChI is InChI=1S/C18H19N3OS/c1-20-10-8-15(19-20)14-6-4-9-21(12-14)18(22)17-11-13-5-2-3-7-16(13)23-17/h2-3,5,7-8,10-11,14H,4,6,9,12H2,1H3/t14-/m0/s1. The molecule has 1 amide bonds. The van der Waals surface area contributed by atoms with Gasteiger partial charge in [-0.25, -0.2) is 0 Å². The van der Waals surface area contributed by atoms with Crippen molar-refractivity contribution in [2.75, 3.05) is 13.1 Å². The molecule has 0 bridgehead atoms. The van der Waals surface area contributed by atoms with Crippen LogP contribution in [0.3, 0.4) is 0 Å². The second kappa shape index (κ2) is 5.81. The molecule has 1 atom stereocenters. The lowest BCUT2D eigenvalue weighted by molar-refractivity contribution is 0.0711. The van der Waals surface area contributed by atoms with Crippen LogP contribution in [0.4, 0.5) is 0 Å². The van der Waals surface area contributed by atoms with Crippen molar-refractivity contribution in [2.45, 2.75) is 18.8 Å². The van der Waals surface area contributed by atoms with E-state index in [0.29, 0.717) is 5.92 Å². The number of aromatic nitrogens is 2. The highest BCUT2D eigenvalue weighted by Gasteiger charge is 2.27. The van der Waals surface area contributed by atoms with Gasteiger partial charge < -0.3 is 4.90 Å². The molecule has 1 aromatic carbocycles.